The summed E-state index contributed by atoms with van der Waals surface area (Å²) in [7, 11) is 0.559. The Kier molecular flexibility index (Phi) is 12.2. The molecule has 0 heterocycles. The predicted molar refractivity (Wildman–Crippen MR) is 54.1 cm³/mol. The summed E-state index contributed by atoms with van der Waals surface area (Å²) < 4.78 is 15.7. The van der Waals surface area contributed by atoms with Crippen LogP contribution in [-0.4, -0.2) is 42.8 Å². The van der Waals surface area contributed by atoms with Crippen LogP contribution in [0.5, 0.6) is 0 Å². The van der Waals surface area contributed by atoms with Crippen molar-refractivity contribution in [2.75, 3.05) is 33.0 Å². The lowest BCUT2D eigenvalue weighted by Gasteiger charge is -2.04. The molecule has 2 radical (unpaired) electrons. The lowest BCUT2D eigenvalue weighted by Crippen LogP contribution is -2.10. The van der Waals surface area contributed by atoms with Crippen molar-refractivity contribution in [3.8, 4) is 0 Å². The van der Waals surface area contributed by atoms with Gasteiger partial charge in [-0.2, -0.15) is 0 Å². The van der Waals surface area contributed by atoms with E-state index < -0.39 is 0 Å². The zero-order valence-electron chi connectivity index (χ0n) is 8.67. The van der Waals surface area contributed by atoms with Crippen LogP contribution in [0.1, 0.15) is 19.8 Å². The summed E-state index contributed by atoms with van der Waals surface area (Å²) in [5.41, 5.74) is 0. The maximum absolute atomic E-state index is 5.32. The average molecular weight is 204 g/mol. The quantitative estimate of drug-likeness (QED) is 0.399. The third kappa shape index (κ3) is 12.1. The summed E-state index contributed by atoms with van der Waals surface area (Å²) in [4.78, 5) is 0. The molecule has 3 nitrogen and oxygen atoms in total. The Morgan fingerprint density at radius 3 is 2.15 bits per heavy atom. The van der Waals surface area contributed by atoms with E-state index >= 15 is 0 Å². The van der Waals surface area contributed by atoms with Gasteiger partial charge in [-0.05, 0) is 13.0 Å². The number of hydrogen-bond donors (Lipinski definition) is 0. The van der Waals surface area contributed by atoms with Crippen molar-refractivity contribution >= 4 is 9.76 Å². The van der Waals surface area contributed by atoms with Crippen molar-refractivity contribution in [1.82, 2.24) is 0 Å². The summed E-state index contributed by atoms with van der Waals surface area (Å²) in [5, 5.41) is 0. The molecule has 0 unspecified atom stereocenters. The second-order valence-corrected chi connectivity index (χ2v) is 3.33. The molecule has 0 aliphatic heterocycles. The molecule has 0 atom stereocenters. The van der Waals surface area contributed by atoms with Crippen molar-refractivity contribution in [3.63, 3.8) is 0 Å². The van der Waals surface area contributed by atoms with Crippen molar-refractivity contribution in [2.45, 2.75) is 26.3 Å². The predicted octanol–water partition coefficient (Wildman–Crippen LogP) is 1.50. The number of rotatable bonds is 10. The molecule has 0 spiro atoms. The molecule has 0 aromatic heterocycles. The molecule has 0 fully saturated rings. The molecule has 13 heavy (non-hydrogen) atoms. The zero-order valence-corrected chi connectivity index (χ0v) is 9.67. The maximum Gasteiger partial charge on any atom is 0.226 e. The summed E-state index contributed by atoms with van der Waals surface area (Å²) in [5.74, 6) is 0. The maximum atomic E-state index is 5.32. The van der Waals surface area contributed by atoms with Gasteiger partial charge in [0.05, 0.1) is 26.4 Å². The van der Waals surface area contributed by atoms with Gasteiger partial charge in [-0.15, -0.1) is 0 Å². The van der Waals surface area contributed by atoms with Gasteiger partial charge in [0.25, 0.3) is 0 Å². The fraction of sp³-hybridized carbons (Fsp3) is 1.00. The minimum Gasteiger partial charge on any atom is -0.415 e. The molecule has 0 saturated heterocycles. The van der Waals surface area contributed by atoms with Gasteiger partial charge in [0.1, 0.15) is 0 Å². The van der Waals surface area contributed by atoms with Gasteiger partial charge < -0.3 is 13.9 Å². The summed E-state index contributed by atoms with van der Waals surface area (Å²) >= 11 is 0. The first-order valence-electron chi connectivity index (χ1n) is 4.85. The van der Waals surface area contributed by atoms with Crippen LogP contribution in [0.4, 0.5) is 0 Å². The molecule has 0 bridgehead atoms. The van der Waals surface area contributed by atoms with Crippen molar-refractivity contribution in [3.05, 3.63) is 0 Å². The zero-order chi connectivity index (χ0) is 9.78. The molecule has 0 amide bonds. The van der Waals surface area contributed by atoms with Crippen molar-refractivity contribution in [2.24, 2.45) is 0 Å². The molecule has 4 heteroatoms. The first kappa shape index (κ1) is 13.1. The van der Waals surface area contributed by atoms with Gasteiger partial charge >= 0.3 is 0 Å². The molecule has 0 aliphatic rings. The molecule has 0 rings (SSSR count). The van der Waals surface area contributed by atoms with E-state index in [1.54, 1.807) is 0 Å². The summed E-state index contributed by atoms with van der Waals surface area (Å²) in [6.45, 7) is 7.78. The second-order valence-electron chi connectivity index (χ2n) is 2.63. The van der Waals surface area contributed by atoms with Gasteiger partial charge in [0, 0.05) is 6.61 Å². The first-order chi connectivity index (χ1) is 6.41. The van der Waals surface area contributed by atoms with Gasteiger partial charge in [-0.3, -0.25) is 0 Å². The normalized spacial score (nSPS) is 10.6. The molecular formula is C9H20O3Si. The number of hydrogen-bond acceptors (Lipinski definition) is 3. The highest BCUT2D eigenvalue weighted by Gasteiger charge is 1.89. The molecule has 0 saturated carbocycles. The molecule has 0 N–H and O–H groups in total. The Bertz CT molecular complexity index is 80.9. The minimum absolute atomic E-state index is 0.559. The SMILES string of the molecule is CCCCOCCOCCO[Si]C. The van der Waals surface area contributed by atoms with E-state index in [9.17, 15) is 0 Å². The van der Waals surface area contributed by atoms with Crippen LogP contribution in [0.25, 0.3) is 0 Å². The van der Waals surface area contributed by atoms with Crippen molar-refractivity contribution in [1.29, 1.82) is 0 Å². The van der Waals surface area contributed by atoms with Crippen LogP contribution in [0, 0.1) is 0 Å². The number of unbranched alkanes of at least 4 members (excludes halogenated alkanes) is 1. The van der Waals surface area contributed by atoms with Crippen molar-refractivity contribution < 1.29 is 13.9 Å². The lowest BCUT2D eigenvalue weighted by atomic mass is 10.4. The Morgan fingerprint density at radius 1 is 0.923 bits per heavy atom. The van der Waals surface area contributed by atoms with E-state index in [0.29, 0.717) is 36.2 Å². The second kappa shape index (κ2) is 12.1. The van der Waals surface area contributed by atoms with E-state index in [0.717, 1.165) is 13.0 Å². The van der Waals surface area contributed by atoms with Gasteiger partial charge in [0.2, 0.25) is 9.76 Å². The van der Waals surface area contributed by atoms with Gasteiger partial charge in [0.15, 0.2) is 0 Å². The van der Waals surface area contributed by atoms with Gasteiger partial charge in [-0.1, -0.05) is 13.3 Å². The first-order valence-corrected chi connectivity index (χ1v) is 6.26. The van der Waals surface area contributed by atoms with E-state index in [2.05, 4.69) is 6.92 Å². The highest BCUT2D eigenvalue weighted by atomic mass is 28.2. The molecule has 0 aromatic rings. The van der Waals surface area contributed by atoms with Crippen LogP contribution in [0.3, 0.4) is 0 Å². The molecule has 0 aromatic carbocycles. The van der Waals surface area contributed by atoms with Crippen LogP contribution in [0.2, 0.25) is 6.55 Å². The van der Waals surface area contributed by atoms with E-state index in [1.807, 2.05) is 6.55 Å². The number of ether oxygens (including phenoxy) is 2. The molecule has 78 valence electrons. The van der Waals surface area contributed by atoms with Crippen LogP contribution < -0.4 is 0 Å². The lowest BCUT2D eigenvalue weighted by molar-refractivity contribution is 0.0360. The summed E-state index contributed by atoms with van der Waals surface area (Å²) in [6, 6.07) is 0. The van der Waals surface area contributed by atoms with E-state index in [1.165, 1.54) is 6.42 Å². The monoisotopic (exact) mass is 204 g/mol. The minimum atomic E-state index is 0.559. The van der Waals surface area contributed by atoms with Gasteiger partial charge in [-0.25, -0.2) is 0 Å². The van der Waals surface area contributed by atoms with Crippen LogP contribution >= 0.6 is 0 Å². The van der Waals surface area contributed by atoms with Crippen LogP contribution in [-0.2, 0) is 13.9 Å². The fourth-order valence-electron chi connectivity index (χ4n) is 0.771. The molecular weight excluding hydrogens is 184 g/mol. The Morgan fingerprint density at radius 2 is 1.54 bits per heavy atom. The Hall–Kier alpha value is 0.0969. The topological polar surface area (TPSA) is 27.7 Å². The Balaban J connectivity index is 2.76. The van der Waals surface area contributed by atoms with E-state index in [4.69, 9.17) is 13.9 Å². The van der Waals surface area contributed by atoms with Crippen LogP contribution in [0.15, 0.2) is 0 Å². The van der Waals surface area contributed by atoms with E-state index in [-0.39, 0.29) is 0 Å². The molecule has 0 aliphatic carbocycles. The smallest absolute Gasteiger partial charge is 0.226 e. The highest BCUT2D eigenvalue weighted by Crippen LogP contribution is 1.87. The average Bonchev–Trinajstić information content (AvgIpc) is 2.16. The Labute approximate surface area is 83.7 Å². The standard InChI is InChI=1S/C9H20O3Si/c1-3-4-5-10-6-7-11-8-9-12-13-2/h3-9H2,1-2H3. The third-order valence-corrected chi connectivity index (χ3v) is 1.98. The third-order valence-electron chi connectivity index (χ3n) is 1.49. The largest absolute Gasteiger partial charge is 0.415 e. The summed E-state index contributed by atoms with van der Waals surface area (Å²) in [6.07, 6.45) is 2.33. The highest BCUT2D eigenvalue weighted by molar-refractivity contribution is 6.24. The fourth-order valence-corrected chi connectivity index (χ4v) is 1.06.